The standard InChI is InChI=1S/C14H15BrN4O2/c1-18-6-2-3-13(18)14-16-8-11(17-14)9-4-5-12(19(20)21)10(15)7-9/h4-5,7-8,13H,2-3,6H2,1H3,(H,16,17)/t13-/m0/s1. The van der Waals surface area contributed by atoms with E-state index in [1.807, 2.05) is 0 Å². The van der Waals surface area contributed by atoms with Gasteiger partial charge in [-0.25, -0.2) is 4.98 Å². The van der Waals surface area contributed by atoms with Gasteiger partial charge < -0.3 is 4.98 Å². The molecule has 0 unspecified atom stereocenters. The summed E-state index contributed by atoms with van der Waals surface area (Å²) in [4.78, 5) is 20.5. The third kappa shape index (κ3) is 2.71. The van der Waals surface area contributed by atoms with E-state index in [0.29, 0.717) is 10.5 Å². The average Bonchev–Trinajstić information content (AvgIpc) is 3.06. The first-order valence-electron chi connectivity index (χ1n) is 6.75. The molecule has 0 radical (unpaired) electrons. The number of H-pyrrole nitrogens is 1. The summed E-state index contributed by atoms with van der Waals surface area (Å²) in [7, 11) is 2.10. The zero-order chi connectivity index (χ0) is 15.0. The molecule has 0 bridgehead atoms. The lowest BCUT2D eigenvalue weighted by molar-refractivity contribution is -0.385. The van der Waals surface area contributed by atoms with Gasteiger partial charge in [-0.1, -0.05) is 0 Å². The molecule has 2 heterocycles. The average molecular weight is 351 g/mol. The number of aromatic nitrogens is 2. The normalized spacial score (nSPS) is 19.0. The molecule has 1 atom stereocenters. The molecule has 0 aliphatic carbocycles. The molecule has 0 amide bonds. The second kappa shape index (κ2) is 5.57. The van der Waals surface area contributed by atoms with E-state index in [0.717, 1.165) is 30.0 Å². The van der Waals surface area contributed by atoms with Crippen LogP contribution in [0.4, 0.5) is 5.69 Å². The van der Waals surface area contributed by atoms with E-state index in [1.54, 1.807) is 18.3 Å². The van der Waals surface area contributed by atoms with E-state index in [9.17, 15) is 10.1 Å². The molecule has 7 heteroatoms. The number of imidazole rings is 1. The first-order chi connectivity index (χ1) is 10.1. The van der Waals surface area contributed by atoms with Crippen molar-refractivity contribution >= 4 is 21.6 Å². The Labute approximate surface area is 130 Å². The molecule has 1 fully saturated rings. The number of likely N-dealkylation sites (tertiary alicyclic amines) is 1. The van der Waals surface area contributed by atoms with E-state index in [4.69, 9.17) is 0 Å². The molecule has 1 aromatic heterocycles. The van der Waals surface area contributed by atoms with Crippen molar-refractivity contribution in [3.05, 3.63) is 44.8 Å². The second-order valence-corrected chi connectivity index (χ2v) is 6.10. The van der Waals surface area contributed by atoms with Crippen molar-refractivity contribution in [2.45, 2.75) is 18.9 Å². The summed E-state index contributed by atoms with van der Waals surface area (Å²) in [6.07, 6.45) is 4.07. The van der Waals surface area contributed by atoms with Gasteiger partial charge in [0, 0.05) is 11.6 Å². The van der Waals surface area contributed by atoms with E-state index in [2.05, 4.69) is 37.8 Å². The Hall–Kier alpha value is -1.73. The van der Waals surface area contributed by atoms with Crippen LogP contribution in [0.5, 0.6) is 0 Å². The highest BCUT2D eigenvalue weighted by molar-refractivity contribution is 9.10. The van der Waals surface area contributed by atoms with Crippen molar-refractivity contribution in [1.82, 2.24) is 14.9 Å². The SMILES string of the molecule is CN1CCC[C@H]1c1ncc(-c2ccc([N+](=O)[O-])c(Br)c2)[nH]1. The second-order valence-electron chi connectivity index (χ2n) is 5.24. The number of nitrogens with zero attached hydrogens (tertiary/aromatic N) is 3. The first kappa shape index (κ1) is 14.2. The van der Waals surface area contributed by atoms with Crippen LogP contribution in [0.3, 0.4) is 0 Å². The van der Waals surface area contributed by atoms with Crippen LogP contribution in [-0.4, -0.2) is 33.4 Å². The molecule has 0 spiro atoms. The van der Waals surface area contributed by atoms with Crippen molar-refractivity contribution in [3.8, 4) is 11.3 Å². The van der Waals surface area contributed by atoms with Crippen LogP contribution in [0.2, 0.25) is 0 Å². The number of nitrogens with one attached hydrogen (secondary N) is 1. The predicted molar refractivity (Wildman–Crippen MR) is 83.0 cm³/mol. The maximum atomic E-state index is 10.8. The smallest absolute Gasteiger partial charge is 0.283 e. The first-order valence-corrected chi connectivity index (χ1v) is 7.55. The minimum absolute atomic E-state index is 0.0639. The lowest BCUT2D eigenvalue weighted by Gasteiger charge is -2.16. The van der Waals surface area contributed by atoms with Crippen LogP contribution >= 0.6 is 15.9 Å². The molecule has 3 rings (SSSR count). The number of nitro groups is 1. The molecule has 1 aliphatic rings. The topological polar surface area (TPSA) is 75.1 Å². The highest BCUT2D eigenvalue weighted by Gasteiger charge is 2.25. The van der Waals surface area contributed by atoms with Gasteiger partial charge in [0.2, 0.25) is 0 Å². The van der Waals surface area contributed by atoms with Crippen LogP contribution in [0.1, 0.15) is 24.7 Å². The summed E-state index contributed by atoms with van der Waals surface area (Å²) >= 11 is 3.24. The van der Waals surface area contributed by atoms with Gasteiger partial charge in [-0.05, 0) is 54.5 Å². The van der Waals surface area contributed by atoms with E-state index >= 15 is 0 Å². The molecular formula is C14H15BrN4O2. The summed E-state index contributed by atoms with van der Waals surface area (Å²) < 4.78 is 0.471. The van der Waals surface area contributed by atoms with Crippen LogP contribution < -0.4 is 0 Å². The van der Waals surface area contributed by atoms with Gasteiger partial charge in [0.15, 0.2) is 0 Å². The molecule has 1 N–H and O–H groups in total. The van der Waals surface area contributed by atoms with Crippen molar-refractivity contribution in [1.29, 1.82) is 0 Å². The fourth-order valence-electron chi connectivity index (χ4n) is 2.73. The summed E-state index contributed by atoms with van der Waals surface area (Å²) in [6.45, 7) is 1.09. The third-order valence-corrected chi connectivity index (χ3v) is 4.52. The fraction of sp³-hybridized carbons (Fsp3) is 0.357. The number of hydrogen-bond acceptors (Lipinski definition) is 4. The lowest BCUT2D eigenvalue weighted by atomic mass is 10.1. The molecule has 1 saturated heterocycles. The largest absolute Gasteiger partial charge is 0.341 e. The Morgan fingerprint density at radius 3 is 2.95 bits per heavy atom. The highest BCUT2D eigenvalue weighted by Crippen LogP contribution is 2.32. The minimum Gasteiger partial charge on any atom is -0.341 e. The molecule has 1 aromatic carbocycles. The van der Waals surface area contributed by atoms with Crippen LogP contribution in [0.25, 0.3) is 11.3 Å². The summed E-state index contributed by atoms with van der Waals surface area (Å²) in [5, 5.41) is 10.8. The monoisotopic (exact) mass is 350 g/mol. The number of benzene rings is 1. The van der Waals surface area contributed by atoms with Gasteiger partial charge in [-0.15, -0.1) is 0 Å². The summed E-state index contributed by atoms with van der Waals surface area (Å²) in [6, 6.07) is 5.31. The van der Waals surface area contributed by atoms with Gasteiger partial charge in [0.1, 0.15) is 5.82 Å². The third-order valence-electron chi connectivity index (χ3n) is 3.89. The fourth-order valence-corrected chi connectivity index (χ4v) is 3.25. The maximum absolute atomic E-state index is 10.8. The Kier molecular flexibility index (Phi) is 3.77. The Morgan fingerprint density at radius 1 is 1.52 bits per heavy atom. The van der Waals surface area contributed by atoms with Gasteiger partial charge in [0.05, 0.1) is 27.3 Å². The number of nitro benzene ring substituents is 1. The van der Waals surface area contributed by atoms with Crippen LogP contribution in [0, 0.1) is 10.1 Å². The number of aromatic amines is 1. The molecular weight excluding hydrogens is 336 g/mol. The van der Waals surface area contributed by atoms with Crippen molar-refractivity contribution in [3.63, 3.8) is 0 Å². The minimum atomic E-state index is -0.403. The highest BCUT2D eigenvalue weighted by atomic mass is 79.9. The number of hydrogen-bond donors (Lipinski definition) is 1. The zero-order valence-corrected chi connectivity index (χ0v) is 13.1. The van der Waals surface area contributed by atoms with Gasteiger partial charge in [0.25, 0.3) is 5.69 Å². The predicted octanol–water partition coefficient (Wildman–Crippen LogP) is 3.51. The molecule has 1 aliphatic heterocycles. The van der Waals surface area contributed by atoms with Gasteiger partial charge in [-0.2, -0.15) is 0 Å². The van der Waals surface area contributed by atoms with Crippen molar-refractivity contribution in [2.24, 2.45) is 0 Å². The number of rotatable bonds is 3. The Bertz CT molecular complexity index is 685. The summed E-state index contributed by atoms with van der Waals surface area (Å²) in [5.74, 6) is 0.958. The Morgan fingerprint density at radius 2 is 2.33 bits per heavy atom. The van der Waals surface area contributed by atoms with E-state index in [-0.39, 0.29) is 5.69 Å². The molecule has 21 heavy (non-hydrogen) atoms. The maximum Gasteiger partial charge on any atom is 0.283 e. The van der Waals surface area contributed by atoms with Gasteiger partial charge in [-0.3, -0.25) is 15.0 Å². The van der Waals surface area contributed by atoms with Crippen molar-refractivity contribution < 1.29 is 4.92 Å². The Balaban J connectivity index is 1.89. The van der Waals surface area contributed by atoms with Crippen LogP contribution in [-0.2, 0) is 0 Å². The quantitative estimate of drug-likeness (QED) is 0.678. The lowest BCUT2D eigenvalue weighted by Crippen LogP contribution is -2.18. The van der Waals surface area contributed by atoms with Crippen molar-refractivity contribution in [2.75, 3.05) is 13.6 Å². The molecule has 0 saturated carbocycles. The molecule has 110 valence electrons. The summed E-state index contributed by atoms with van der Waals surface area (Å²) in [5.41, 5.74) is 1.82. The van der Waals surface area contributed by atoms with Crippen LogP contribution in [0.15, 0.2) is 28.9 Å². The number of halogens is 1. The molecule has 2 aromatic rings. The van der Waals surface area contributed by atoms with E-state index in [1.165, 1.54) is 12.5 Å². The molecule has 6 nitrogen and oxygen atoms in total. The van der Waals surface area contributed by atoms with E-state index < -0.39 is 4.92 Å². The van der Waals surface area contributed by atoms with Gasteiger partial charge >= 0.3 is 0 Å². The zero-order valence-electron chi connectivity index (χ0n) is 11.5.